The molecule has 102 valence electrons. The molecule has 19 heavy (non-hydrogen) atoms. The van der Waals surface area contributed by atoms with Gasteiger partial charge in [-0.15, -0.1) is 11.8 Å². The largest absolute Gasteiger partial charge is 0.319 e. The summed E-state index contributed by atoms with van der Waals surface area (Å²) in [6, 6.07) is 4.16. The van der Waals surface area contributed by atoms with E-state index in [-0.39, 0.29) is 5.91 Å². The van der Waals surface area contributed by atoms with Crippen molar-refractivity contribution in [1.29, 1.82) is 10.5 Å². The summed E-state index contributed by atoms with van der Waals surface area (Å²) in [5.74, 6) is -0.228. The summed E-state index contributed by atoms with van der Waals surface area (Å²) in [6.45, 7) is 5.70. The van der Waals surface area contributed by atoms with Crippen molar-refractivity contribution in [3.8, 4) is 12.1 Å². The molecule has 0 unspecified atom stereocenters. The number of carbonyl (C=O) groups is 1. The number of nitrogens with zero attached hydrogens (tertiary/aromatic N) is 2. The number of amides is 1. The van der Waals surface area contributed by atoms with Gasteiger partial charge in [0.2, 0.25) is 5.91 Å². The zero-order chi connectivity index (χ0) is 14.5. The number of rotatable bonds is 5. The molecule has 5 heteroatoms. The molecule has 0 aliphatic carbocycles. The van der Waals surface area contributed by atoms with Gasteiger partial charge in [0, 0.05) is 5.41 Å². The van der Waals surface area contributed by atoms with E-state index in [2.05, 4.69) is 18.3 Å². The Kier molecular flexibility index (Phi) is 5.44. The molecule has 0 aromatic heterocycles. The summed E-state index contributed by atoms with van der Waals surface area (Å²) in [5.41, 5.74) is -0.209. The summed E-state index contributed by atoms with van der Waals surface area (Å²) < 4.78 is 0. The van der Waals surface area contributed by atoms with Crippen LogP contribution in [-0.2, 0) is 4.79 Å². The zero-order valence-electron chi connectivity index (χ0n) is 11.6. The fraction of sp³-hybridized carbons (Fsp3) is 0.643. The smallest absolute Gasteiger partial charge is 0.243 e. The minimum absolute atomic E-state index is 0.301. The first-order valence-electron chi connectivity index (χ1n) is 6.47. The molecular weight excluding hydrogens is 258 g/mol. The second-order valence-corrected chi connectivity index (χ2v) is 6.25. The predicted molar refractivity (Wildman–Crippen MR) is 75.6 cm³/mol. The van der Waals surface area contributed by atoms with E-state index in [1.807, 2.05) is 6.07 Å². The van der Waals surface area contributed by atoms with Crippen molar-refractivity contribution in [1.82, 2.24) is 5.32 Å². The van der Waals surface area contributed by atoms with Gasteiger partial charge in [-0.1, -0.05) is 33.6 Å². The van der Waals surface area contributed by atoms with Crippen LogP contribution in [0.25, 0.3) is 0 Å². The van der Waals surface area contributed by atoms with Crippen molar-refractivity contribution in [2.75, 3.05) is 5.75 Å². The van der Waals surface area contributed by atoms with Crippen molar-refractivity contribution >= 4 is 17.7 Å². The van der Waals surface area contributed by atoms with Crippen LogP contribution in [0.2, 0.25) is 0 Å². The van der Waals surface area contributed by atoms with Gasteiger partial charge >= 0.3 is 0 Å². The van der Waals surface area contributed by atoms with E-state index >= 15 is 0 Å². The maximum atomic E-state index is 11.9. The Labute approximate surface area is 118 Å². The van der Waals surface area contributed by atoms with Gasteiger partial charge in [0.15, 0.2) is 0 Å². The number of hydrogen-bond acceptors (Lipinski definition) is 4. The molecule has 0 aromatic rings. The van der Waals surface area contributed by atoms with Gasteiger partial charge in [0.25, 0.3) is 0 Å². The number of nitriles is 2. The molecular formula is C14H19N3OS. The van der Waals surface area contributed by atoms with Crippen molar-refractivity contribution in [3.63, 3.8) is 0 Å². The van der Waals surface area contributed by atoms with Crippen LogP contribution < -0.4 is 5.32 Å². The first-order chi connectivity index (χ1) is 8.98. The molecule has 0 fully saturated rings. The number of unbranched alkanes of at least 4 members (excludes halogenated alkanes) is 2. The maximum Gasteiger partial charge on any atom is 0.243 e. The maximum absolute atomic E-state index is 11.9. The van der Waals surface area contributed by atoms with Crippen LogP contribution in [-0.4, -0.2) is 11.7 Å². The molecule has 0 bridgehead atoms. The molecule has 0 spiro atoms. The molecule has 4 nitrogen and oxygen atoms in total. The van der Waals surface area contributed by atoms with Crippen LogP contribution in [0.15, 0.2) is 10.6 Å². The molecule has 1 aliphatic heterocycles. The SMILES string of the molecule is CCCCCSC1=C(C#N)C(C)(C)[C@@H](C#N)C(=O)N1. The average molecular weight is 277 g/mol. The minimum atomic E-state index is -0.804. The van der Waals surface area contributed by atoms with Crippen molar-refractivity contribution in [2.45, 2.75) is 40.0 Å². The van der Waals surface area contributed by atoms with Gasteiger partial charge < -0.3 is 5.32 Å². The Morgan fingerprint density at radius 1 is 1.37 bits per heavy atom. The first-order valence-corrected chi connectivity index (χ1v) is 7.45. The standard InChI is InChI=1S/C14H19N3OS/c1-4-5-6-7-19-13-11(9-16)14(2,3)10(8-15)12(18)17-13/h10H,4-7H2,1-3H3,(H,17,18)/t10-/m0/s1. The number of allylic oxidation sites excluding steroid dienone is 1. The lowest BCUT2D eigenvalue weighted by Gasteiger charge is -2.34. The van der Waals surface area contributed by atoms with Crippen LogP contribution in [0.3, 0.4) is 0 Å². The zero-order valence-corrected chi connectivity index (χ0v) is 12.4. The molecule has 0 aromatic carbocycles. The van der Waals surface area contributed by atoms with Gasteiger partial charge in [-0.25, -0.2) is 0 Å². The summed E-state index contributed by atoms with van der Waals surface area (Å²) in [6.07, 6.45) is 3.33. The Morgan fingerprint density at radius 3 is 2.58 bits per heavy atom. The lowest BCUT2D eigenvalue weighted by molar-refractivity contribution is -0.125. The first kappa shape index (κ1) is 15.6. The van der Waals surface area contributed by atoms with E-state index in [4.69, 9.17) is 5.26 Å². The van der Waals surface area contributed by atoms with E-state index in [9.17, 15) is 10.1 Å². The molecule has 1 rings (SSSR count). The van der Waals surface area contributed by atoms with Gasteiger partial charge in [-0.05, 0) is 12.2 Å². The minimum Gasteiger partial charge on any atom is -0.319 e. The number of nitrogens with one attached hydrogen (secondary N) is 1. The third-order valence-electron chi connectivity index (χ3n) is 3.33. The molecule has 0 radical (unpaired) electrons. The summed E-state index contributed by atoms with van der Waals surface area (Å²) >= 11 is 1.50. The van der Waals surface area contributed by atoms with Crippen LogP contribution in [0, 0.1) is 34.0 Å². The monoisotopic (exact) mass is 277 g/mol. The summed E-state index contributed by atoms with van der Waals surface area (Å²) in [5, 5.41) is 21.7. The molecule has 1 atom stereocenters. The molecule has 1 N–H and O–H groups in total. The molecule has 0 saturated carbocycles. The third kappa shape index (κ3) is 3.30. The van der Waals surface area contributed by atoms with E-state index in [0.717, 1.165) is 25.0 Å². The second kappa shape index (κ2) is 6.63. The fourth-order valence-electron chi connectivity index (χ4n) is 2.06. The Hall–Kier alpha value is -1.46. The van der Waals surface area contributed by atoms with Gasteiger partial charge in [0.05, 0.1) is 22.7 Å². The fourth-order valence-corrected chi connectivity index (χ4v) is 3.24. The van der Waals surface area contributed by atoms with Crippen molar-refractivity contribution < 1.29 is 4.79 Å². The van der Waals surface area contributed by atoms with Gasteiger partial charge in [-0.3, -0.25) is 4.79 Å². The predicted octanol–water partition coefficient (Wildman–Crippen LogP) is 2.94. The van der Waals surface area contributed by atoms with Gasteiger partial charge in [-0.2, -0.15) is 10.5 Å². The molecule has 1 aliphatic rings. The topological polar surface area (TPSA) is 76.7 Å². The highest BCUT2D eigenvalue weighted by atomic mass is 32.2. The molecule has 1 heterocycles. The number of hydrogen-bond donors (Lipinski definition) is 1. The normalized spacial score (nSPS) is 21.5. The Bertz CT molecular complexity index is 468. The van der Waals surface area contributed by atoms with E-state index in [1.54, 1.807) is 13.8 Å². The number of thioether (sulfide) groups is 1. The van der Waals surface area contributed by atoms with Crippen molar-refractivity contribution in [3.05, 3.63) is 10.6 Å². The highest BCUT2D eigenvalue weighted by Crippen LogP contribution is 2.41. The Balaban J connectivity index is 2.94. The van der Waals surface area contributed by atoms with E-state index < -0.39 is 11.3 Å². The summed E-state index contributed by atoms with van der Waals surface area (Å²) in [4.78, 5) is 11.9. The second-order valence-electron chi connectivity index (χ2n) is 5.14. The average Bonchev–Trinajstić information content (AvgIpc) is 2.34. The van der Waals surface area contributed by atoms with Crippen LogP contribution >= 0.6 is 11.8 Å². The molecule has 1 amide bonds. The van der Waals surface area contributed by atoms with Gasteiger partial charge in [0.1, 0.15) is 5.92 Å². The number of carbonyl (C=O) groups excluding carboxylic acids is 1. The van der Waals surface area contributed by atoms with E-state index in [1.165, 1.54) is 11.8 Å². The lowest BCUT2D eigenvalue weighted by Crippen LogP contribution is -2.44. The van der Waals surface area contributed by atoms with Crippen molar-refractivity contribution in [2.24, 2.45) is 11.3 Å². The highest BCUT2D eigenvalue weighted by molar-refractivity contribution is 8.03. The lowest BCUT2D eigenvalue weighted by atomic mass is 9.72. The van der Waals surface area contributed by atoms with Crippen LogP contribution in [0.1, 0.15) is 40.0 Å². The highest BCUT2D eigenvalue weighted by Gasteiger charge is 2.44. The summed E-state index contributed by atoms with van der Waals surface area (Å²) in [7, 11) is 0. The quantitative estimate of drug-likeness (QED) is 0.784. The Morgan fingerprint density at radius 2 is 2.05 bits per heavy atom. The van der Waals surface area contributed by atoms with Crippen LogP contribution in [0.4, 0.5) is 0 Å². The van der Waals surface area contributed by atoms with E-state index in [0.29, 0.717) is 10.6 Å². The third-order valence-corrected chi connectivity index (χ3v) is 4.41. The molecule has 0 saturated heterocycles. The van der Waals surface area contributed by atoms with Crippen LogP contribution in [0.5, 0.6) is 0 Å².